The maximum absolute atomic E-state index is 5.38. The first kappa shape index (κ1) is 20.4. The van der Waals surface area contributed by atoms with Gasteiger partial charge in [-0.15, -0.1) is 0 Å². The molecule has 0 saturated carbocycles. The second kappa shape index (κ2) is 10.3. The first-order valence-electron chi connectivity index (χ1n) is 9.16. The molecule has 27 heavy (non-hydrogen) atoms. The Kier molecular flexibility index (Phi) is 7.80. The molecule has 2 aromatic rings. The van der Waals surface area contributed by atoms with Crippen LogP contribution in [-0.4, -0.2) is 34.4 Å². The number of rotatable bonds is 9. The molecule has 0 fully saturated rings. The highest BCUT2D eigenvalue weighted by Crippen LogP contribution is 2.38. The van der Waals surface area contributed by atoms with Crippen molar-refractivity contribution < 1.29 is 14.2 Å². The summed E-state index contributed by atoms with van der Waals surface area (Å²) in [5.41, 5.74) is 3.40. The Morgan fingerprint density at radius 3 is 1.70 bits per heavy atom. The van der Waals surface area contributed by atoms with E-state index in [1.165, 1.54) is 11.3 Å². The van der Waals surface area contributed by atoms with E-state index < -0.39 is 0 Å². The van der Waals surface area contributed by atoms with Crippen LogP contribution >= 0.6 is 0 Å². The molecule has 0 atom stereocenters. The molecule has 0 bridgehead atoms. The van der Waals surface area contributed by atoms with Crippen molar-refractivity contribution in [2.45, 2.75) is 13.8 Å². The Morgan fingerprint density at radius 1 is 0.741 bits per heavy atom. The number of allylic oxidation sites excluding steroid dienone is 2. The predicted octanol–water partition coefficient (Wildman–Crippen LogP) is 5.29. The third-order valence-corrected chi connectivity index (χ3v) is 4.40. The van der Waals surface area contributed by atoms with Gasteiger partial charge in [0.1, 0.15) is 0 Å². The highest BCUT2D eigenvalue weighted by atomic mass is 16.5. The maximum Gasteiger partial charge on any atom is 0.203 e. The first-order valence-corrected chi connectivity index (χ1v) is 9.16. The van der Waals surface area contributed by atoms with Crippen LogP contribution in [0.4, 0.5) is 5.69 Å². The summed E-state index contributed by atoms with van der Waals surface area (Å²) in [6.45, 7) is 6.38. The summed E-state index contributed by atoms with van der Waals surface area (Å²) in [4.78, 5) is 2.33. The number of hydrogen-bond acceptors (Lipinski definition) is 4. The average Bonchev–Trinajstić information content (AvgIpc) is 2.72. The minimum absolute atomic E-state index is 0.598. The van der Waals surface area contributed by atoms with Crippen LogP contribution in [0, 0.1) is 0 Å². The summed E-state index contributed by atoms with van der Waals surface area (Å²) in [5, 5.41) is 0. The van der Waals surface area contributed by atoms with E-state index in [1.807, 2.05) is 30.4 Å². The molecular formula is C23H29NO3. The van der Waals surface area contributed by atoms with E-state index in [0.29, 0.717) is 17.2 Å². The van der Waals surface area contributed by atoms with Crippen molar-refractivity contribution in [2.24, 2.45) is 0 Å². The van der Waals surface area contributed by atoms with Gasteiger partial charge < -0.3 is 19.1 Å². The van der Waals surface area contributed by atoms with Gasteiger partial charge in [0.25, 0.3) is 0 Å². The standard InChI is InChI=1S/C23H29NO3/c1-6-24(7-2)20-14-12-18(13-15-20)10-8-9-11-19-16-21(25-3)23(27-5)22(17-19)26-4/h8-17H,6-7H2,1-5H3. The number of benzene rings is 2. The summed E-state index contributed by atoms with van der Waals surface area (Å²) >= 11 is 0. The van der Waals surface area contributed by atoms with Crippen molar-refractivity contribution in [3.63, 3.8) is 0 Å². The summed E-state index contributed by atoms with van der Waals surface area (Å²) < 4.78 is 16.1. The third kappa shape index (κ3) is 5.30. The highest BCUT2D eigenvalue weighted by molar-refractivity contribution is 5.64. The van der Waals surface area contributed by atoms with Crippen molar-refractivity contribution in [3.05, 3.63) is 59.7 Å². The van der Waals surface area contributed by atoms with Crippen LogP contribution in [0.25, 0.3) is 12.2 Å². The highest BCUT2D eigenvalue weighted by Gasteiger charge is 2.11. The van der Waals surface area contributed by atoms with Gasteiger partial charge in [0, 0.05) is 18.8 Å². The number of methoxy groups -OCH3 is 3. The molecular weight excluding hydrogens is 338 g/mol. The fraction of sp³-hybridized carbons (Fsp3) is 0.304. The van der Waals surface area contributed by atoms with E-state index in [4.69, 9.17) is 14.2 Å². The SMILES string of the molecule is CCN(CC)c1ccc(C=CC=Cc2cc(OC)c(OC)c(OC)c2)cc1. The normalized spacial score (nSPS) is 11.1. The molecule has 0 amide bonds. The molecule has 2 aromatic carbocycles. The Bertz CT molecular complexity index is 750. The summed E-state index contributed by atoms with van der Waals surface area (Å²) in [6.07, 6.45) is 8.11. The van der Waals surface area contributed by atoms with Gasteiger partial charge in [-0.2, -0.15) is 0 Å². The zero-order valence-electron chi connectivity index (χ0n) is 16.9. The third-order valence-electron chi connectivity index (χ3n) is 4.40. The molecule has 0 saturated heterocycles. The average molecular weight is 367 g/mol. The lowest BCUT2D eigenvalue weighted by molar-refractivity contribution is 0.324. The molecule has 0 aromatic heterocycles. The molecule has 0 aliphatic carbocycles. The zero-order chi connectivity index (χ0) is 19.6. The molecule has 0 spiro atoms. The van der Waals surface area contributed by atoms with Gasteiger partial charge in [-0.1, -0.05) is 36.4 Å². The predicted molar refractivity (Wildman–Crippen MR) is 114 cm³/mol. The lowest BCUT2D eigenvalue weighted by atomic mass is 10.1. The Hall–Kier alpha value is -2.88. The van der Waals surface area contributed by atoms with E-state index >= 15 is 0 Å². The van der Waals surface area contributed by atoms with Crippen LogP contribution in [-0.2, 0) is 0 Å². The minimum atomic E-state index is 0.598. The molecule has 4 nitrogen and oxygen atoms in total. The number of ether oxygens (including phenoxy) is 3. The fourth-order valence-electron chi connectivity index (χ4n) is 2.92. The molecule has 0 heterocycles. The molecule has 0 aliphatic rings. The summed E-state index contributed by atoms with van der Waals surface area (Å²) in [5.74, 6) is 1.89. The molecule has 0 N–H and O–H groups in total. The molecule has 0 radical (unpaired) electrons. The van der Waals surface area contributed by atoms with Gasteiger partial charge in [0.05, 0.1) is 21.3 Å². The molecule has 4 heteroatoms. The van der Waals surface area contributed by atoms with Crippen molar-refractivity contribution in [1.29, 1.82) is 0 Å². The van der Waals surface area contributed by atoms with Gasteiger partial charge in [0.15, 0.2) is 11.5 Å². The van der Waals surface area contributed by atoms with Gasteiger partial charge in [0.2, 0.25) is 5.75 Å². The van der Waals surface area contributed by atoms with Gasteiger partial charge in [-0.05, 0) is 49.2 Å². The molecule has 2 rings (SSSR count). The van der Waals surface area contributed by atoms with E-state index in [1.54, 1.807) is 21.3 Å². The lowest BCUT2D eigenvalue weighted by Crippen LogP contribution is -2.21. The van der Waals surface area contributed by atoms with Crippen LogP contribution in [0.1, 0.15) is 25.0 Å². The largest absolute Gasteiger partial charge is 0.493 e. The van der Waals surface area contributed by atoms with Gasteiger partial charge >= 0.3 is 0 Å². The van der Waals surface area contributed by atoms with Crippen LogP contribution in [0.5, 0.6) is 17.2 Å². The fourth-order valence-corrected chi connectivity index (χ4v) is 2.92. The van der Waals surface area contributed by atoms with Gasteiger partial charge in [-0.3, -0.25) is 0 Å². The maximum atomic E-state index is 5.38. The van der Waals surface area contributed by atoms with Crippen LogP contribution in [0.2, 0.25) is 0 Å². The number of nitrogens with zero attached hydrogens (tertiary/aromatic N) is 1. The second-order valence-corrected chi connectivity index (χ2v) is 5.94. The molecule has 0 aliphatic heterocycles. The molecule has 144 valence electrons. The Labute approximate surface area is 162 Å². The minimum Gasteiger partial charge on any atom is -0.493 e. The quantitative estimate of drug-likeness (QED) is 0.564. The monoisotopic (exact) mass is 367 g/mol. The second-order valence-electron chi connectivity index (χ2n) is 5.94. The first-order chi connectivity index (χ1) is 13.2. The Balaban J connectivity index is 2.10. The molecule has 0 unspecified atom stereocenters. The van der Waals surface area contributed by atoms with Crippen molar-refractivity contribution in [3.8, 4) is 17.2 Å². The van der Waals surface area contributed by atoms with Crippen LogP contribution < -0.4 is 19.1 Å². The number of anilines is 1. The van der Waals surface area contributed by atoms with Crippen LogP contribution in [0.3, 0.4) is 0 Å². The van der Waals surface area contributed by atoms with Crippen LogP contribution in [0.15, 0.2) is 48.6 Å². The van der Waals surface area contributed by atoms with Crippen molar-refractivity contribution >= 4 is 17.8 Å². The smallest absolute Gasteiger partial charge is 0.203 e. The Morgan fingerprint density at radius 2 is 1.26 bits per heavy atom. The van der Waals surface area contributed by atoms with Crippen molar-refractivity contribution in [2.75, 3.05) is 39.3 Å². The summed E-state index contributed by atoms with van der Waals surface area (Å²) in [7, 11) is 4.84. The lowest BCUT2D eigenvalue weighted by Gasteiger charge is -2.20. The number of hydrogen-bond donors (Lipinski definition) is 0. The van der Waals surface area contributed by atoms with E-state index in [0.717, 1.165) is 18.7 Å². The van der Waals surface area contributed by atoms with E-state index in [-0.39, 0.29) is 0 Å². The van der Waals surface area contributed by atoms with E-state index in [9.17, 15) is 0 Å². The summed E-state index contributed by atoms with van der Waals surface area (Å²) in [6, 6.07) is 12.4. The topological polar surface area (TPSA) is 30.9 Å². The van der Waals surface area contributed by atoms with Gasteiger partial charge in [-0.25, -0.2) is 0 Å². The zero-order valence-corrected chi connectivity index (χ0v) is 16.9. The van der Waals surface area contributed by atoms with Crippen molar-refractivity contribution in [1.82, 2.24) is 0 Å². The van der Waals surface area contributed by atoms with E-state index in [2.05, 4.69) is 49.1 Å².